The first-order valence-corrected chi connectivity index (χ1v) is 8.53. The third-order valence-electron chi connectivity index (χ3n) is 3.74. The zero-order chi connectivity index (χ0) is 19.8. The number of esters is 1. The molecule has 2 aromatic carbocycles. The molecule has 0 bridgehead atoms. The van der Waals surface area contributed by atoms with Crippen LogP contribution >= 0.6 is 0 Å². The zero-order valence-electron chi connectivity index (χ0n) is 15.2. The van der Waals surface area contributed by atoms with Gasteiger partial charge in [0.15, 0.2) is 6.61 Å². The molecule has 0 aliphatic rings. The highest BCUT2D eigenvalue weighted by Gasteiger charge is 2.06. The minimum absolute atomic E-state index is 0.0990. The number of benzene rings is 2. The maximum atomic E-state index is 11.9. The van der Waals surface area contributed by atoms with Crippen LogP contribution in [-0.2, 0) is 9.53 Å². The summed E-state index contributed by atoms with van der Waals surface area (Å²) in [6.45, 7) is -0.0990. The van der Waals surface area contributed by atoms with Crippen LogP contribution in [0.1, 0.15) is 10.4 Å². The van der Waals surface area contributed by atoms with E-state index in [1.807, 2.05) is 18.2 Å². The van der Waals surface area contributed by atoms with Gasteiger partial charge in [-0.15, -0.1) is 0 Å². The van der Waals surface area contributed by atoms with Crippen molar-refractivity contribution in [1.29, 1.82) is 0 Å². The highest BCUT2D eigenvalue weighted by atomic mass is 16.5. The van der Waals surface area contributed by atoms with E-state index in [0.29, 0.717) is 17.1 Å². The van der Waals surface area contributed by atoms with Crippen molar-refractivity contribution in [3.63, 3.8) is 0 Å². The number of carbonyl (C=O) groups excluding carboxylic acids is 2. The van der Waals surface area contributed by atoms with E-state index < -0.39 is 0 Å². The smallest absolute Gasteiger partial charge is 0.337 e. The van der Waals surface area contributed by atoms with Crippen LogP contribution in [0.4, 0.5) is 17.2 Å². The number of hydrogen-bond donors (Lipinski definition) is 2. The molecule has 0 aliphatic carbocycles. The molecule has 7 heteroatoms. The minimum Gasteiger partial charge on any atom is -0.484 e. The van der Waals surface area contributed by atoms with E-state index in [1.54, 1.807) is 54.7 Å². The van der Waals surface area contributed by atoms with Gasteiger partial charge in [-0.2, -0.15) is 0 Å². The van der Waals surface area contributed by atoms with E-state index in [2.05, 4.69) is 20.4 Å². The molecule has 28 heavy (non-hydrogen) atoms. The van der Waals surface area contributed by atoms with Crippen molar-refractivity contribution >= 4 is 29.1 Å². The Balaban J connectivity index is 1.51. The summed E-state index contributed by atoms with van der Waals surface area (Å²) in [4.78, 5) is 27.6. The Hall–Kier alpha value is -3.87. The van der Waals surface area contributed by atoms with Crippen LogP contribution in [0.2, 0.25) is 0 Å². The molecule has 2 N–H and O–H groups in total. The lowest BCUT2D eigenvalue weighted by atomic mass is 10.2. The van der Waals surface area contributed by atoms with Crippen LogP contribution < -0.4 is 15.4 Å². The lowest BCUT2D eigenvalue weighted by Gasteiger charge is -2.09. The normalized spacial score (nSPS) is 10.0. The van der Waals surface area contributed by atoms with Gasteiger partial charge in [-0.1, -0.05) is 18.2 Å². The van der Waals surface area contributed by atoms with Crippen molar-refractivity contribution in [3.8, 4) is 5.75 Å². The number of aromatic nitrogens is 1. The van der Waals surface area contributed by atoms with Gasteiger partial charge in [-0.05, 0) is 48.5 Å². The number of nitrogens with zero attached hydrogens (tertiary/aromatic N) is 1. The van der Waals surface area contributed by atoms with Gasteiger partial charge in [0, 0.05) is 5.69 Å². The summed E-state index contributed by atoms with van der Waals surface area (Å²) in [6, 6.07) is 19.5. The molecule has 3 aromatic rings. The molecular weight excluding hydrogens is 358 g/mol. The highest BCUT2D eigenvalue weighted by molar-refractivity contribution is 5.91. The predicted octanol–water partition coefficient (Wildman–Crippen LogP) is 3.63. The predicted molar refractivity (Wildman–Crippen MR) is 106 cm³/mol. The van der Waals surface area contributed by atoms with Crippen LogP contribution in [0, 0.1) is 0 Å². The summed E-state index contributed by atoms with van der Waals surface area (Å²) < 4.78 is 10.1. The van der Waals surface area contributed by atoms with Gasteiger partial charge in [-0.25, -0.2) is 9.78 Å². The summed E-state index contributed by atoms with van der Waals surface area (Å²) in [5, 5.41) is 5.84. The van der Waals surface area contributed by atoms with Gasteiger partial charge >= 0.3 is 5.97 Å². The molecule has 142 valence electrons. The number of carbonyl (C=O) groups is 2. The van der Waals surface area contributed by atoms with Crippen LogP contribution in [0.15, 0.2) is 72.9 Å². The lowest BCUT2D eigenvalue weighted by Crippen LogP contribution is -2.20. The average Bonchev–Trinajstić information content (AvgIpc) is 2.74. The minimum atomic E-state index is -0.385. The summed E-state index contributed by atoms with van der Waals surface area (Å²) in [6.07, 6.45) is 1.60. The van der Waals surface area contributed by atoms with Gasteiger partial charge < -0.3 is 20.1 Å². The molecule has 0 atom stereocenters. The van der Waals surface area contributed by atoms with Crippen molar-refractivity contribution in [1.82, 2.24) is 4.98 Å². The monoisotopic (exact) mass is 377 g/mol. The third kappa shape index (κ3) is 5.31. The molecule has 0 spiro atoms. The second-order valence-corrected chi connectivity index (χ2v) is 5.78. The number of para-hydroxylation sites is 1. The molecule has 7 nitrogen and oxygen atoms in total. The SMILES string of the molecule is COC(=O)c1ccc(Nc2ccc(NC(=O)COc3ccccc3)nc2)cc1. The molecular formula is C21H19N3O4. The zero-order valence-corrected chi connectivity index (χ0v) is 15.2. The van der Waals surface area contributed by atoms with Gasteiger partial charge in [0.25, 0.3) is 5.91 Å². The molecule has 0 radical (unpaired) electrons. The average molecular weight is 377 g/mol. The molecule has 0 saturated heterocycles. The van der Waals surface area contributed by atoms with Crippen LogP contribution in [0.5, 0.6) is 5.75 Å². The molecule has 0 unspecified atom stereocenters. The Bertz CT molecular complexity index is 926. The molecule has 1 amide bonds. The topological polar surface area (TPSA) is 89.6 Å². The lowest BCUT2D eigenvalue weighted by molar-refractivity contribution is -0.118. The highest BCUT2D eigenvalue weighted by Crippen LogP contribution is 2.18. The Morgan fingerprint density at radius 2 is 1.64 bits per heavy atom. The van der Waals surface area contributed by atoms with E-state index in [1.165, 1.54) is 7.11 Å². The van der Waals surface area contributed by atoms with Crippen LogP contribution in [0.3, 0.4) is 0 Å². The van der Waals surface area contributed by atoms with Crippen molar-refractivity contribution < 1.29 is 19.1 Å². The standard InChI is InChI=1S/C21H19N3O4/c1-27-21(26)15-7-9-16(10-8-15)23-17-11-12-19(22-13-17)24-20(25)14-28-18-5-3-2-4-6-18/h2-13,23H,14H2,1H3,(H,22,24,25). The van der Waals surface area contributed by atoms with Crippen molar-refractivity contribution in [3.05, 3.63) is 78.5 Å². The van der Waals surface area contributed by atoms with E-state index in [-0.39, 0.29) is 18.5 Å². The molecule has 1 heterocycles. The van der Waals surface area contributed by atoms with E-state index in [0.717, 1.165) is 11.4 Å². The fraction of sp³-hybridized carbons (Fsp3) is 0.0952. The third-order valence-corrected chi connectivity index (χ3v) is 3.74. The first kappa shape index (κ1) is 18.9. The second kappa shape index (κ2) is 9.18. The number of amides is 1. The van der Waals surface area contributed by atoms with Crippen LogP contribution in [-0.4, -0.2) is 30.6 Å². The number of hydrogen-bond acceptors (Lipinski definition) is 6. The number of methoxy groups -OCH3 is 1. The first-order chi connectivity index (χ1) is 13.6. The second-order valence-electron chi connectivity index (χ2n) is 5.78. The summed E-state index contributed by atoms with van der Waals surface area (Å²) in [5.74, 6) is 0.372. The van der Waals surface area contributed by atoms with E-state index in [4.69, 9.17) is 4.74 Å². The Morgan fingerprint density at radius 3 is 2.29 bits per heavy atom. The summed E-state index contributed by atoms with van der Waals surface area (Å²) in [5.41, 5.74) is 2.01. The number of pyridine rings is 1. The summed E-state index contributed by atoms with van der Waals surface area (Å²) >= 11 is 0. The number of ether oxygens (including phenoxy) is 2. The fourth-order valence-electron chi connectivity index (χ4n) is 2.36. The Morgan fingerprint density at radius 1 is 0.929 bits per heavy atom. The maximum absolute atomic E-state index is 11.9. The van der Waals surface area contributed by atoms with E-state index >= 15 is 0 Å². The van der Waals surface area contributed by atoms with Crippen molar-refractivity contribution in [2.75, 3.05) is 24.4 Å². The number of nitrogens with one attached hydrogen (secondary N) is 2. The largest absolute Gasteiger partial charge is 0.484 e. The fourth-order valence-corrected chi connectivity index (χ4v) is 2.36. The van der Waals surface area contributed by atoms with Crippen molar-refractivity contribution in [2.45, 2.75) is 0 Å². The number of rotatable bonds is 7. The molecule has 1 aromatic heterocycles. The molecule has 0 aliphatic heterocycles. The summed E-state index contributed by atoms with van der Waals surface area (Å²) in [7, 11) is 1.34. The van der Waals surface area contributed by atoms with Gasteiger partial charge in [0.2, 0.25) is 0 Å². The van der Waals surface area contributed by atoms with Gasteiger partial charge in [-0.3, -0.25) is 4.79 Å². The molecule has 3 rings (SSSR count). The van der Waals surface area contributed by atoms with Gasteiger partial charge in [0.1, 0.15) is 11.6 Å². The Labute approximate surface area is 162 Å². The first-order valence-electron chi connectivity index (χ1n) is 8.53. The Kier molecular flexibility index (Phi) is 6.20. The van der Waals surface area contributed by atoms with E-state index in [9.17, 15) is 9.59 Å². The maximum Gasteiger partial charge on any atom is 0.337 e. The molecule has 0 saturated carbocycles. The van der Waals surface area contributed by atoms with Crippen LogP contribution in [0.25, 0.3) is 0 Å². The number of anilines is 3. The quantitative estimate of drug-likeness (QED) is 0.611. The van der Waals surface area contributed by atoms with Gasteiger partial charge in [0.05, 0.1) is 24.6 Å². The molecule has 0 fully saturated rings. The van der Waals surface area contributed by atoms with Crippen molar-refractivity contribution in [2.24, 2.45) is 0 Å².